The van der Waals surface area contributed by atoms with E-state index in [-0.39, 0.29) is 18.9 Å². The Kier molecular flexibility index (Phi) is 3.13. The standard InChI is InChI=1S/C13H11BrN4O2/c14-8-1-2-10-9(4-8)13(17-6-16-10)18-5-7(12(15)20)3-11(18)19/h1-2,4,6-7H,3,5H2,(H2,15,20). The first kappa shape index (κ1) is 13.0. The molecule has 3 rings (SSSR count). The van der Waals surface area contributed by atoms with Crippen molar-refractivity contribution in [1.82, 2.24) is 9.97 Å². The zero-order valence-corrected chi connectivity index (χ0v) is 12.0. The van der Waals surface area contributed by atoms with E-state index >= 15 is 0 Å². The summed E-state index contributed by atoms with van der Waals surface area (Å²) in [6, 6.07) is 5.57. The Morgan fingerprint density at radius 1 is 1.40 bits per heavy atom. The fourth-order valence-electron chi connectivity index (χ4n) is 2.33. The zero-order chi connectivity index (χ0) is 14.3. The van der Waals surface area contributed by atoms with E-state index < -0.39 is 11.8 Å². The summed E-state index contributed by atoms with van der Waals surface area (Å²) < 4.78 is 0.874. The van der Waals surface area contributed by atoms with Crippen molar-refractivity contribution >= 4 is 44.5 Å². The highest BCUT2D eigenvalue weighted by Crippen LogP contribution is 2.30. The topological polar surface area (TPSA) is 89.2 Å². The van der Waals surface area contributed by atoms with E-state index in [0.29, 0.717) is 5.82 Å². The van der Waals surface area contributed by atoms with Crippen LogP contribution < -0.4 is 10.6 Å². The SMILES string of the molecule is NC(=O)C1CC(=O)N(c2ncnc3ccc(Br)cc23)C1. The molecule has 0 radical (unpaired) electrons. The summed E-state index contributed by atoms with van der Waals surface area (Å²) in [5.74, 6) is -0.543. The lowest BCUT2D eigenvalue weighted by atomic mass is 10.1. The Balaban J connectivity index is 2.08. The molecule has 1 fully saturated rings. The van der Waals surface area contributed by atoms with E-state index in [1.54, 1.807) is 0 Å². The van der Waals surface area contributed by atoms with Crippen LogP contribution in [0, 0.1) is 5.92 Å². The highest BCUT2D eigenvalue weighted by atomic mass is 79.9. The van der Waals surface area contributed by atoms with Crippen LogP contribution in [0.1, 0.15) is 6.42 Å². The molecule has 2 N–H and O–H groups in total. The molecule has 6 nitrogen and oxygen atoms in total. The molecular formula is C13H11BrN4O2. The third kappa shape index (κ3) is 2.14. The summed E-state index contributed by atoms with van der Waals surface area (Å²) in [7, 11) is 0. The van der Waals surface area contributed by atoms with Crippen molar-refractivity contribution in [3.63, 3.8) is 0 Å². The third-order valence-electron chi connectivity index (χ3n) is 3.36. The number of carbonyl (C=O) groups excluding carboxylic acids is 2. The predicted octanol–water partition coefficient (Wildman–Crippen LogP) is 1.23. The first-order valence-corrected chi connectivity index (χ1v) is 6.85. The highest BCUT2D eigenvalue weighted by molar-refractivity contribution is 9.10. The molecule has 2 amide bonds. The van der Waals surface area contributed by atoms with E-state index in [1.165, 1.54) is 11.2 Å². The Bertz CT molecular complexity index is 719. The number of halogens is 1. The quantitative estimate of drug-likeness (QED) is 0.894. The molecule has 1 aliphatic rings. The number of rotatable bonds is 2. The van der Waals surface area contributed by atoms with E-state index in [2.05, 4.69) is 25.9 Å². The lowest BCUT2D eigenvalue weighted by Crippen LogP contribution is -2.29. The minimum atomic E-state index is -0.459. The lowest BCUT2D eigenvalue weighted by molar-refractivity contribution is -0.123. The fourth-order valence-corrected chi connectivity index (χ4v) is 2.69. The van der Waals surface area contributed by atoms with Crippen molar-refractivity contribution < 1.29 is 9.59 Å². The monoisotopic (exact) mass is 334 g/mol. The van der Waals surface area contributed by atoms with Crippen LogP contribution in [0.2, 0.25) is 0 Å². The normalized spacial score (nSPS) is 18.8. The van der Waals surface area contributed by atoms with Crippen LogP contribution in [-0.2, 0) is 9.59 Å². The van der Waals surface area contributed by atoms with Crippen molar-refractivity contribution in [3.05, 3.63) is 29.0 Å². The summed E-state index contributed by atoms with van der Waals surface area (Å²) in [5.41, 5.74) is 6.02. The van der Waals surface area contributed by atoms with Gasteiger partial charge in [-0.3, -0.25) is 14.5 Å². The van der Waals surface area contributed by atoms with Gasteiger partial charge in [-0.25, -0.2) is 9.97 Å². The smallest absolute Gasteiger partial charge is 0.229 e. The number of hydrogen-bond donors (Lipinski definition) is 1. The summed E-state index contributed by atoms with van der Waals surface area (Å²) in [6.07, 6.45) is 1.55. The molecule has 2 aromatic rings. The Hall–Kier alpha value is -2.02. The first-order chi connectivity index (χ1) is 9.56. The second-order valence-electron chi connectivity index (χ2n) is 4.67. The first-order valence-electron chi connectivity index (χ1n) is 6.06. The maximum Gasteiger partial charge on any atom is 0.229 e. The molecule has 0 bridgehead atoms. The number of aromatic nitrogens is 2. The van der Waals surface area contributed by atoms with E-state index in [4.69, 9.17) is 5.73 Å². The minimum absolute atomic E-state index is 0.134. The number of nitrogens with two attached hydrogens (primary N) is 1. The molecule has 1 aromatic heterocycles. The number of anilines is 1. The molecule has 20 heavy (non-hydrogen) atoms. The van der Waals surface area contributed by atoms with Gasteiger partial charge in [0.15, 0.2) is 0 Å². The van der Waals surface area contributed by atoms with Crippen molar-refractivity contribution in [2.75, 3.05) is 11.4 Å². The number of primary amides is 1. The van der Waals surface area contributed by atoms with Crippen LogP contribution in [0.25, 0.3) is 10.9 Å². The van der Waals surface area contributed by atoms with Crippen LogP contribution >= 0.6 is 15.9 Å². The molecule has 102 valence electrons. The number of carbonyl (C=O) groups is 2. The largest absolute Gasteiger partial charge is 0.369 e. The van der Waals surface area contributed by atoms with Crippen molar-refractivity contribution in [1.29, 1.82) is 0 Å². The third-order valence-corrected chi connectivity index (χ3v) is 3.85. The van der Waals surface area contributed by atoms with Gasteiger partial charge in [-0.1, -0.05) is 15.9 Å². The molecule has 1 atom stereocenters. The highest BCUT2D eigenvalue weighted by Gasteiger charge is 2.35. The van der Waals surface area contributed by atoms with Crippen molar-refractivity contribution in [3.8, 4) is 0 Å². The molecular weight excluding hydrogens is 324 g/mol. The number of nitrogens with zero attached hydrogens (tertiary/aromatic N) is 3. The summed E-state index contributed by atoms with van der Waals surface area (Å²) >= 11 is 3.39. The van der Waals surface area contributed by atoms with Gasteiger partial charge >= 0.3 is 0 Å². The lowest BCUT2D eigenvalue weighted by Gasteiger charge is -2.16. The average molecular weight is 335 g/mol. The van der Waals surface area contributed by atoms with Gasteiger partial charge in [-0.05, 0) is 18.2 Å². The molecule has 0 saturated carbocycles. The Morgan fingerprint density at radius 3 is 2.90 bits per heavy atom. The Labute approximate surface area is 123 Å². The number of benzene rings is 1. The van der Waals surface area contributed by atoms with Gasteiger partial charge < -0.3 is 5.73 Å². The molecule has 1 aromatic carbocycles. The Morgan fingerprint density at radius 2 is 2.20 bits per heavy atom. The predicted molar refractivity (Wildman–Crippen MR) is 76.9 cm³/mol. The second kappa shape index (κ2) is 4.82. The van der Waals surface area contributed by atoms with Gasteiger partial charge in [0.2, 0.25) is 11.8 Å². The maximum absolute atomic E-state index is 12.1. The summed E-state index contributed by atoms with van der Waals surface area (Å²) in [5, 5.41) is 0.764. The minimum Gasteiger partial charge on any atom is -0.369 e. The van der Waals surface area contributed by atoms with Gasteiger partial charge in [0.05, 0.1) is 11.4 Å². The van der Waals surface area contributed by atoms with Crippen molar-refractivity contribution in [2.45, 2.75) is 6.42 Å². The van der Waals surface area contributed by atoms with Crippen LogP contribution in [0.5, 0.6) is 0 Å². The molecule has 1 unspecified atom stereocenters. The zero-order valence-electron chi connectivity index (χ0n) is 10.4. The molecule has 2 heterocycles. The van der Waals surface area contributed by atoms with E-state index in [0.717, 1.165) is 15.4 Å². The molecule has 0 spiro atoms. The van der Waals surface area contributed by atoms with Crippen LogP contribution in [0.4, 0.5) is 5.82 Å². The van der Waals surface area contributed by atoms with Crippen LogP contribution in [0.15, 0.2) is 29.0 Å². The number of fused-ring (bicyclic) bond motifs is 1. The van der Waals surface area contributed by atoms with E-state index in [1.807, 2.05) is 18.2 Å². The molecule has 1 aliphatic heterocycles. The van der Waals surface area contributed by atoms with Gasteiger partial charge in [0, 0.05) is 22.8 Å². The molecule has 0 aliphatic carbocycles. The van der Waals surface area contributed by atoms with Crippen LogP contribution in [0.3, 0.4) is 0 Å². The van der Waals surface area contributed by atoms with Gasteiger partial charge in [-0.2, -0.15) is 0 Å². The summed E-state index contributed by atoms with van der Waals surface area (Å²) in [4.78, 5) is 33.2. The second-order valence-corrected chi connectivity index (χ2v) is 5.58. The maximum atomic E-state index is 12.1. The van der Waals surface area contributed by atoms with E-state index in [9.17, 15) is 9.59 Å². The number of hydrogen-bond acceptors (Lipinski definition) is 4. The van der Waals surface area contributed by atoms with Gasteiger partial charge in [-0.15, -0.1) is 0 Å². The van der Waals surface area contributed by atoms with Crippen molar-refractivity contribution in [2.24, 2.45) is 11.7 Å². The average Bonchev–Trinajstić information content (AvgIpc) is 2.80. The van der Waals surface area contributed by atoms with Gasteiger partial charge in [0.25, 0.3) is 0 Å². The fraction of sp³-hybridized carbons (Fsp3) is 0.231. The summed E-state index contributed by atoms with van der Waals surface area (Å²) in [6.45, 7) is 0.271. The molecule has 7 heteroatoms. The van der Waals surface area contributed by atoms with Crippen LogP contribution in [-0.4, -0.2) is 28.3 Å². The number of amides is 2. The van der Waals surface area contributed by atoms with Gasteiger partial charge in [0.1, 0.15) is 12.1 Å². The molecule has 1 saturated heterocycles.